The number of amides is 2. The van der Waals surface area contributed by atoms with E-state index in [4.69, 9.17) is 9.47 Å². The summed E-state index contributed by atoms with van der Waals surface area (Å²) >= 11 is 3.34. The molecule has 0 spiro atoms. The van der Waals surface area contributed by atoms with E-state index in [2.05, 4.69) is 21.2 Å². The predicted molar refractivity (Wildman–Crippen MR) is 167 cm³/mol. The Morgan fingerprint density at radius 1 is 0.905 bits per heavy atom. The molecule has 226 valence electrons. The number of carbonyl (C=O) groups excluding carboxylic acids is 2. The van der Waals surface area contributed by atoms with Gasteiger partial charge in [-0.3, -0.25) is 13.9 Å². The second kappa shape index (κ2) is 15.1. The normalized spacial score (nSPS) is 12.6. The maximum atomic E-state index is 14.0. The molecule has 0 heterocycles. The van der Waals surface area contributed by atoms with Crippen LogP contribution in [0.5, 0.6) is 11.5 Å². The lowest BCUT2D eigenvalue weighted by atomic mass is 10.1. The van der Waals surface area contributed by atoms with Gasteiger partial charge in [0.2, 0.25) is 11.8 Å². The van der Waals surface area contributed by atoms with Gasteiger partial charge in [0, 0.05) is 17.1 Å². The fraction of sp³-hybridized carbons (Fsp3) is 0.355. The van der Waals surface area contributed by atoms with Crippen molar-refractivity contribution < 1.29 is 27.5 Å². The van der Waals surface area contributed by atoms with Crippen LogP contribution in [-0.2, 0) is 26.2 Å². The average molecular weight is 661 g/mol. The van der Waals surface area contributed by atoms with Gasteiger partial charge in [-0.2, -0.15) is 0 Å². The molecule has 42 heavy (non-hydrogen) atoms. The molecule has 0 saturated carbocycles. The van der Waals surface area contributed by atoms with Crippen LogP contribution < -0.4 is 19.1 Å². The first kappa shape index (κ1) is 32.9. The van der Waals surface area contributed by atoms with Crippen LogP contribution in [0.4, 0.5) is 5.69 Å². The molecule has 0 saturated heterocycles. The fourth-order valence-corrected chi connectivity index (χ4v) is 5.79. The molecule has 2 atom stereocenters. The molecule has 0 unspecified atom stereocenters. The summed E-state index contributed by atoms with van der Waals surface area (Å²) in [6, 6.07) is 18.9. The molecule has 9 nitrogen and oxygen atoms in total. The fourth-order valence-electron chi connectivity index (χ4n) is 4.11. The van der Waals surface area contributed by atoms with Crippen LogP contribution in [0.3, 0.4) is 0 Å². The summed E-state index contributed by atoms with van der Waals surface area (Å²) < 4.78 is 40.4. The lowest BCUT2D eigenvalue weighted by molar-refractivity contribution is -0.139. The summed E-state index contributed by atoms with van der Waals surface area (Å²) in [4.78, 5) is 28.6. The summed E-state index contributed by atoms with van der Waals surface area (Å²) in [6.45, 7) is 7.36. The number of nitrogens with zero attached hydrogens (tertiary/aromatic N) is 2. The number of carbonyl (C=O) groups is 2. The second-order valence-corrected chi connectivity index (χ2v) is 12.5. The number of benzene rings is 3. The highest BCUT2D eigenvalue weighted by Gasteiger charge is 2.32. The van der Waals surface area contributed by atoms with E-state index in [1.807, 2.05) is 20.8 Å². The van der Waals surface area contributed by atoms with Gasteiger partial charge in [-0.1, -0.05) is 35.0 Å². The lowest BCUT2D eigenvalue weighted by Gasteiger charge is -2.32. The van der Waals surface area contributed by atoms with E-state index in [1.54, 1.807) is 74.7 Å². The Morgan fingerprint density at radius 3 is 2.05 bits per heavy atom. The molecule has 2 amide bonds. The largest absolute Gasteiger partial charge is 0.497 e. The SMILES string of the molecule is CCOc1ccc(N(CC(=O)N(Cc2ccc(OC)cc2)[C@H](C)C(=O)N[C@H](C)CC)S(=O)(=O)c2ccc(Br)cc2)cc1. The van der Waals surface area contributed by atoms with Crippen molar-refractivity contribution in [2.24, 2.45) is 0 Å². The van der Waals surface area contributed by atoms with Crippen molar-refractivity contribution in [3.8, 4) is 11.5 Å². The van der Waals surface area contributed by atoms with Crippen LogP contribution in [0, 0.1) is 0 Å². The Kier molecular flexibility index (Phi) is 11.8. The minimum absolute atomic E-state index is 0.0247. The molecule has 0 bridgehead atoms. The lowest BCUT2D eigenvalue weighted by Crippen LogP contribution is -2.52. The first-order valence-corrected chi connectivity index (χ1v) is 16.0. The first-order chi connectivity index (χ1) is 20.0. The van der Waals surface area contributed by atoms with Crippen molar-refractivity contribution in [3.05, 3.63) is 82.8 Å². The number of halogens is 1. The molecule has 11 heteroatoms. The number of nitrogens with one attached hydrogen (secondary N) is 1. The Labute approximate surface area is 257 Å². The number of hydrogen-bond donors (Lipinski definition) is 1. The van der Waals surface area contributed by atoms with E-state index >= 15 is 0 Å². The maximum Gasteiger partial charge on any atom is 0.264 e. The van der Waals surface area contributed by atoms with Crippen LogP contribution >= 0.6 is 15.9 Å². The van der Waals surface area contributed by atoms with Crippen molar-refractivity contribution in [2.75, 3.05) is 24.6 Å². The predicted octanol–water partition coefficient (Wildman–Crippen LogP) is 5.38. The van der Waals surface area contributed by atoms with Crippen molar-refractivity contribution in [3.63, 3.8) is 0 Å². The van der Waals surface area contributed by atoms with Crippen LogP contribution in [0.2, 0.25) is 0 Å². The van der Waals surface area contributed by atoms with Gasteiger partial charge in [-0.25, -0.2) is 8.42 Å². The monoisotopic (exact) mass is 659 g/mol. The van der Waals surface area contributed by atoms with E-state index in [0.717, 1.165) is 20.8 Å². The third kappa shape index (κ3) is 8.48. The molecule has 3 aromatic carbocycles. The van der Waals surface area contributed by atoms with E-state index in [0.29, 0.717) is 18.1 Å². The van der Waals surface area contributed by atoms with Crippen molar-refractivity contribution in [1.29, 1.82) is 0 Å². The van der Waals surface area contributed by atoms with Gasteiger partial charge in [-0.15, -0.1) is 0 Å². The van der Waals surface area contributed by atoms with Gasteiger partial charge in [0.05, 0.1) is 24.3 Å². The van der Waals surface area contributed by atoms with Gasteiger partial charge in [0.15, 0.2) is 0 Å². The van der Waals surface area contributed by atoms with Crippen LogP contribution in [0.1, 0.15) is 39.7 Å². The highest BCUT2D eigenvalue weighted by atomic mass is 79.9. The van der Waals surface area contributed by atoms with Gasteiger partial charge in [-0.05, 0) is 93.4 Å². The van der Waals surface area contributed by atoms with Crippen LogP contribution in [-0.4, -0.2) is 57.5 Å². The molecule has 0 fully saturated rings. The van der Waals surface area contributed by atoms with E-state index < -0.39 is 28.5 Å². The van der Waals surface area contributed by atoms with Crippen molar-refractivity contribution in [1.82, 2.24) is 10.2 Å². The van der Waals surface area contributed by atoms with E-state index in [1.165, 1.54) is 17.0 Å². The number of ether oxygens (including phenoxy) is 2. The molecule has 3 rings (SSSR count). The Morgan fingerprint density at radius 2 is 1.50 bits per heavy atom. The second-order valence-electron chi connectivity index (χ2n) is 9.76. The van der Waals surface area contributed by atoms with Gasteiger partial charge in [0.1, 0.15) is 24.1 Å². The topological polar surface area (TPSA) is 105 Å². The zero-order chi connectivity index (χ0) is 30.9. The minimum Gasteiger partial charge on any atom is -0.497 e. The van der Waals surface area contributed by atoms with Crippen LogP contribution in [0.15, 0.2) is 82.2 Å². The molecule has 1 N–H and O–H groups in total. The highest BCUT2D eigenvalue weighted by molar-refractivity contribution is 9.10. The van der Waals surface area contributed by atoms with E-state index in [-0.39, 0.29) is 29.1 Å². The van der Waals surface area contributed by atoms with E-state index in [9.17, 15) is 18.0 Å². The van der Waals surface area contributed by atoms with Gasteiger partial charge < -0.3 is 19.7 Å². The molecule has 0 aromatic heterocycles. The summed E-state index contributed by atoms with van der Waals surface area (Å²) in [5.41, 5.74) is 1.05. The molecular formula is C31H38BrN3O6S. The summed E-state index contributed by atoms with van der Waals surface area (Å²) in [7, 11) is -2.61. The Balaban J connectivity index is 2.02. The Bertz CT molecular complexity index is 1430. The zero-order valence-electron chi connectivity index (χ0n) is 24.5. The van der Waals surface area contributed by atoms with Gasteiger partial charge in [0.25, 0.3) is 10.0 Å². The first-order valence-electron chi connectivity index (χ1n) is 13.7. The Hall–Kier alpha value is -3.57. The third-order valence-electron chi connectivity index (χ3n) is 6.80. The third-order valence-corrected chi connectivity index (χ3v) is 9.11. The van der Waals surface area contributed by atoms with Crippen molar-refractivity contribution >= 4 is 43.5 Å². The molecule has 3 aromatic rings. The molecule has 0 aliphatic rings. The maximum absolute atomic E-state index is 14.0. The number of rotatable bonds is 14. The quantitative estimate of drug-likeness (QED) is 0.249. The van der Waals surface area contributed by atoms with Crippen molar-refractivity contribution in [2.45, 2.75) is 57.6 Å². The average Bonchev–Trinajstić information content (AvgIpc) is 2.99. The standard InChI is InChI=1S/C31H38BrN3O6S/c1-6-22(3)33-31(37)23(4)34(20-24-8-14-27(40-5)15-9-24)30(36)21-35(26-12-16-28(17-13-26)41-7-2)42(38,39)29-18-10-25(32)11-19-29/h8-19,22-23H,6-7,20-21H2,1-5H3,(H,33,37)/t22-,23-/m1/s1. The molecule has 0 aliphatic carbocycles. The molecule has 0 radical (unpaired) electrons. The molecule has 0 aliphatic heterocycles. The number of hydrogen-bond acceptors (Lipinski definition) is 6. The number of anilines is 1. The van der Waals surface area contributed by atoms with Gasteiger partial charge >= 0.3 is 0 Å². The summed E-state index contributed by atoms with van der Waals surface area (Å²) in [5, 5.41) is 2.93. The molecular weight excluding hydrogens is 622 g/mol. The number of methoxy groups -OCH3 is 1. The number of sulfonamides is 1. The summed E-state index contributed by atoms with van der Waals surface area (Å²) in [6.07, 6.45) is 0.724. The van der Waals surface area contributed by atoms with Crippen LogP contribution in [0.25, 0.3) is 0 Å². The minimum atomic E-state index is -4.17. The smallest absolute Gasteiger partial charge is 0.264 e. The highest BCUT2D eigenvalue weighted by Crippen LogP contribution is 2.27. The summed E-state index contributed by atoms with van der Waals surface area (Å²) in [5.74, 6) is 0.369. The zero-order valence-corrected chi connectivity index (χ0v) is 26.9.